The highest BCUT2D eigenvalue weighted by molar-refractivity contribution is 5.94. The molecule has 1 aromatic rings. The van der Waals surface area contributed by atoms with Crippen LogP contribution in [0.4, 0.5) is 10.1 Å². The van der Waals surface area contributed by atoms with E-state index < -0.39 is 11.8 Å². The first kappa shape index (κ1) is 14.5. The Morgan fingerprint density at radius 2 is 2.10 bits per heavy atom. The van der Waals surface area contributed by atoms with Crippen LogP contribution < -0.4 is 5.32 Å². The van der Waals surface area contributed by atoms with Crippen LogP contribution in [0.1, 0.15) is 43.5 Å². The van der Waals surface area contributed by atoms with E-state index in [2.05, 4.69) is 5.32 Å². The summed E-state index contributed by atoms with van der Waals surface area (Å²) in [6.07, 6.45) is 2.77. The van der Waals surface area contributed by atoms with Crippen LogP contribution in [-0.4, -0.2) is 17.0 Å². The average molecular weight is 279 g/mol. The Kier molecular flexibility index (Phi) is 3.79. The van der Waals surface area contributed by atoms with Crippen LogP contribution in [0.3, 0.4) is 0 Å². The first-order valence-corrected chi connectivity index (χ1v) is 6.65. The fourth-order valence-electron chi connectivity index (χ4n) is 2.78. The van der Waals surface area contributed by atoms with Gasteiger partial charge in [-0.25, -0.2) is 9.18 Å². The van der Waals surface area contributed by atoms with Crippen molar-refractivity contribution < 1.29 is 19.1 Å². The summed E-state index contributed by atoms with van der Waals surface area (Å²) in [4.78, 5) is 22.9. The van der Waals surface area contributed by atoms with E-state index in [0.29, 0.717) is 0 Å². The number of carbonyl (C=O) groups is 2. The van der Waals surface area contributed by atoms with Crippen molar-refractivity contribution in [3.8, 4) is 0 Å². The maximum atomic E-state index is 13.8. The molecule has 20 heavy (non-hydrogen) atoms. The summed E-state index contributed by atoms with van der Waals surface area (Å²) in [6, 6.07) is 3.48. The van der Waals surface area contributed by atoms with Crippen LogP contribution in [0.15, 0.2) is 18.2 Å². The summed E-state index contributed by atoms with van der Waals surface area (Å²) < 4.78 is 13.8. The Bertz CT molecular complexity index is 554. The van der Waals surface area contributed by atoms with Gasteiger partial charge in [0.2, 0.25) is 5.91 Å². The largest absolute Gasteiger partial charge is 0.478 e. The van der Waals surface area contributed by atoms with E-state index in [4.69, 9.17) is 5.11 Å². The Morgan fingerprint density at radius 1 is 1.40 bits per heavy atom. The minimum absolute atomic E-state index is 0.0303. The lowest BCUT2D eigenvalue weighted by atomic mass is 9.81. The molecule has 2 rings (SSSR count). The zero-order chi connectivity index (χ0) is 14.9. The quantitative estimate of drug-likeness (QED) is 0.892. The van der Waals surface area contributed by atoms with Gasteiger partial charge in [-0.2, -0.15) is 0 Å². The molecule has 0 saturated heterocycles. The highest BCUT2D eigenvalue weighted by atomic mass is 19.1. The summed E-state index contributed by atoms with van der Waals surface area (Å²) in [5, 5.41) is 11.3. The van der Waals surface area contributed by atoms with E-state index in [1.54, 1.807) is 0 Å². The van der Waals surface area contributed by atoms with Gasteiger partial charge in [-0.1, -0.05) is 20.3 Å². The molecule has 1 saturated carbocycles. The smallest absolute Gasteiger partial charge is 0.335 e. The van der Waals surface area contributed by atoms with Gasteiger partial charge in [-0.05, 0) is 36.5 Å². The molecule has 1 amide bonds. The predicted octanol–water partition coefficient (Wildman–Crippen LogP) is 3.29. The number of hydrogen-bond donors (Lipinski definition) is 2. The van der Waals surface area contributed by atoms with E-state index in [1.807, 2.05) is 13.8 Å². The van der Waals surface area contributed by atoms with Gasteiger partial charge in [-0.15, -0.1) is 0 Å². The van der Waals surface area contributed by atoms with Crippen LogP contribution in [0.5, 0.6) is 0 Å². The number of halogens is 1. The van der Waals surface area contributed by atoms with Gasteiger partial charge in [0.15, 0.2) is 0 Å². The summed E-state index contributed by atoms with van der Waals surface area (Å²) in [6.45, 7) is 4.07. The number of carboxylic acid groups (broad SMARTS) is 1. The number of carbonyl (C=O) groups excluding carboxylic acids is 1. The van der Waals surface area contributed by atoms with Crippen LogP contribution >= 0.6 is 0 Å². The summed E-state index contributed by atoms with van der Waals surface area (Å²) in [7, 11) is 0. The molecule has 0 aliphatic heterocycles. The molecule has 0 aromatic heterocycles. The van der Waals surface area contributed by atoms with Gasteiger partial charge in [0.1, 0.15) is 5.82 Å². The van der Waals surface area contributed by atoms with Gasteiger partial charge in [0, 0.05) is 5.92 Å². The van der Waals surface area contributed by atoms with Crippen LogP contribution in [0.2, 0.25) is 0 Å². The monoisotopic (exact) mass is 279 g/mol. The topological polar surface area (TPSA) is 66.4 Å². The summed E-state index contributed by atoms with van der Waals surface area (Å²) in [5.74, 6) is -2.26. The molecular weight excluding hydrogens is 261 g/mol. The third-order valence-electron chi connectivity index (χ3n) is 4.05. The number of anilines is 1. The van der Waals surface area contributed by atoms with Crippen molar-refractivity contribution in [1.82, 2.24) is 0 Å². The van der Waals surface area contributed by atoms with Crippen molar-refractivity contribution in [2.45, 2.75) is 33.1 Å². The molecule has 4 nitrogen and oxygen atoms in total. The molecule has 1 aliphatic rings. The van der Waals surface area contributed by atoms with Gasteiger partial charge in [-0.3, -0.25) is 4.79 Å². The zero-order valence-electron chi connectivity index (χ0n) is 11.6. The molecule has 1 fully saturated rings. The van der Waals surface area contributed by atoms with Gasteiger partial charge in [0.05, 0.1) is 11.3 Å². The van der Waals surface area contributed by atoms with Crippen LogP contribution in [0.25, 0.3) is 0 Å². The zero-order valence-corrected chi connectivity index (χ0v) is 11.6. The number of nitrogens with one attached hydrogen (secondary N) is 1. The normalized spacial score (nSPS) is 20.6. The lowest BCUT2D eigenvalue weighted by molar-refractivity contribution is -0.122. The Balaban J connectivity index is 2.14. The summed E-state index contributed by atoms with van der Waals surface area (Å²) >= 11 is 0. The molecule has 0 radical (unpaired) electrons. The van der Waals surface area contributed by atoms with E-state index in [0.717, 1.165) is 25.3 Å². The molecule has 1 unspecified atom stereocenters. The minimum Gasteiger partial charge on any atom is -0.478 e. The lowest BCUT2D eigenvalue weighted by Crippen LogP contribution is -2.31. The molecule has 108 valence electrons. The predicted molar refractivity (Wildman–Crippen MR) is 73.1 cm³/mol. The van der Waals surface area contributed by atoms with Crippen LogP contribution in [-0.2, 0) is 4.79 Å². The third kappa shape index (κ3) is 2.81. The van der Waals surface area contributed by atoms with Crippen LogP contribution in [0, 0.1) is 17.2 Å². The molecule has 0 bridgehead atoms. The molecule has 0 spiro atoms. The molecule has 0 heterocycles. The number of benzene rings is 1. The fourth-order valence-corrected chi connectivity index (χ4v) is 2.78. The highest BCUT2D eigenvalue weighted by Gasteiger charge is 2.39. The molecular formula is C15H18FNO3. The van der Waals surface area contributed by atoms with Crippen molar-refractivity contribution in [2.24, 2.45) is 11.3 Å². The number of carboxylic acids is 1. The molecule has 1 aliphatic carbocycles. The highest BCUT2D eigenvalue weighted by Crippen LogP contribution is 2.43. The van der Waals surface area contributed by atoms with Crippen molar-refractivity contribution in [3.63, 3.8) is 0 Å². The van der Waals surface area contributed by atoms with Gasteiger partial charge >= 0.3 is 5.97 Å². The SMILES string of the molecule is CC1(C)CCCC1C(=O)Nc1ccc(C(=O)O)cc1F. The van der Waals surface area contributed by atoms with E-state index in [-0.39, 0.29) is 28.5 Å². The van der Waals surface area contributed by atoms with E-state index in [9.17, 15) is 14.0 Å². The number of aromatic carboxylic acids is 1. The second-order valence-corrected chi connectivity index (χ2v) is 5.92. The van der Waals surface area contributed by atoms with Crippen molar-refractivity contribution in [3.05, 3.63) is 29.6 Å². The molecule has 2 N–H and O–H groups in total. The Labute approximate surface area is 117 Å². The van der Waals surface area contributed by atoms with E-state index in [1.165, 1.54) is 12.1 Å². The first-order chi connectivity index (χ1) is 9.31. The number of amides is 1. The number of rotatable bonds is 3. The van der Waals surface area contributed by atoms with Crippen molar-refractivity contribution in [1.29, 1.82) is 0 Å². The standard InChI is InChI=1S/C15H18FNO3/c1-15(2)7-3-4-10(15)13(18)17-12-6-5-9(14(19)20)8-11(12)16/h5-6,8,10H,3-4,7H2,1-2H3,(H,17,18)(H,19,20). The minimum atomic E-state index is -1.20. The fraction of sp³-hybridized carbons (Fsp3) is 0.467. The van der Waals surface area contributed by atoms with Gasteiger partial charge in [0.25, 0.3) is 0 Å². The second kappa shape index (κ2) is 5.23. The summed E-state index contributed by atoms with van der Waals surface area (Å²) in [5.41, 5.74) is -0.189. The average Bonchev–Trinajstić information content (AvgIpc) is 2.71. The first-order valence-electron chi connectivity index (χ1n) is 6.65. The molecule has 1 atom stereocenters. The van der Waals surface area contributed by atoms with Crippen molar-refractivity contribution >= 4 is 17.6 Å². The Hall–Kier alpha value is -1.91. The molecule has 5 heteroatoms. The molecule has 1 aromatic carbocycles. The third-order valence-corrected chi connectivity index (χ3v) is 4.05. The van der Waals surface area contributed by atoms with Gasteiger partial charge < -0.3 is 10.4 Å². The van der Waals surface area contributed by atoms with Crippen molar-refractivity contribution in [2.75, 3.05) is 5.32 Å². The number of hydrogen-bond acceptors (Lipinski definition) is 2. The second-order valence-electron chi connectivity index (χ2n) is 5.92. The maximum absolute atomic E-state index is 13.8. The van der Waals surface area contributed by atoms with E-state index >= 15 is 0 Å². The Morgan fingerprint density at radius 3 is 2.60 bits per heavy atom. The maximum Gasteiger partial charge on any atom is 0.335 e. The lowest BCUT2D eigenvalue weighted by Gasteiger charge is -2.25.